The van der Waals surface area contributed by atoms with Crippen molar-refractivity contribution in [2.24, 2.45) is 0 Å². The number of amides is 3. The summed E-state index contributed by atoms with van der Waals surface area (Å²) >= 11 is 0. The van der Waals surface area contributed by atoms with Gasteiger partial charge in [-0.05, 0) is 74.4 Å². The SMILES string of the molecule is CCOc1ncccc1[C@]1(NC(=O)N2CCN(C3CCN(C4COC4)CC3)CC2)C(=O)N(S(=O)(=O)c2ccc(F)cc2)c2ccc(C#N)cc21. The molecule has 4 aliphatic rings. The van der Waals surface area contributed by atoms with Crippen molar-refractivity contribution >= 4 is 27.6 Å². The van der Waals surface area contributed by atoms with E-state index in [1.54, 1.807) is 24.0 Å². The fourth-order valence-electron chi connectivity index (χ4n) is 7.37. The zero-order chi connectivity index (χ0) is 35.0. The number of carbonyl (C=O) groups excluding carboxylic acids is 2. The Labute approximate surface area is 290 Å². The van der Waals surface area contributed by atoms with Gasteiger partial charge in [-0.15, -0.1) is 0 Å². The van der Waals surface area contributed by atoms with Gasteiger partial charge in [0, 0.05) is 57.1 Å². The third-order valence-electron chi connectivity index (χ3n) is 10.1. The smallest absolute Gasteiger partial charge is 0.318 e. The number of piperidine rings is 1. The maximum absolute atomic E-state index is 15.0. The number of likely N-dealkylation sites (tertiary alicyclic amines) is 1. The predicted octanol–water partition coefficient (Wildman–Crippen LogP) is 2.66. The van der Waals surface area contributed by atoms with Crippen molar-refractivity contribution in [3.8, 4) is 11.9 Å². The number of ether oxygens (including phenoxy) is 2. The van der Waals surface area contributed by atoms with Crippen LogP contribution in [0, 0.1) is 17.1 Å². The predicted molar refractivity (Wildman–Crippen MR) is 179 cm³/mol. The second kappa shape index (κ2) is 13.6. The fraction of sp³-hybridized carbons (Fsp3) is 0.429. The average Bonchev–Trinajstić information content (AvgIpc) is 3.36. The molecule has 0 unspecified atom stereocenters. The summed E-state index contributed by atoms with van der Waals surface area (Å²) in [6.45, 7) is 7.58. The molecule has 0 radical (unpaired) electrons. The Morgan fingerprint density at radius 3 is 2.36 bits per heavy atom. The number of piperazine rings is 1. The third-order valence-corrected chi connectivity index (χ3v) is 11.8. The van der Waals surface area contributed by atoms with Gasteiger partial charge in [-0.25, -0.2) is 22.6 Å². The number of hydrogen-bond donors (Lipinski definition) is 1. The van der Waals surface area contributed by atoms with Gasteiger partial charge in [-0.1, -0.05) is 0 Å². The van der Waals surface area contributed by atoms with E-state index in [0.717, 1.165) is 63.4 Å². The number of fused-ring (bicyclic) bond motifs is 1. The number of nitriles is 1. The standard InChI is InChI=1S/C35H38FN7O6S/c1-2-49-32-29(4-3-13-38-32)35(39-34(45)42-18-16-41(17-19-42)26-11-14-40(15-12-26)27-22-48-23-27)30-20-24(21-37)5-10-31(30)43(33(35)44)50(46,47)28-8-6-25(36)7-9-28/h3-10,13,20,26-27H,2,11-12,14-19,22-23H2,1H3,(H,39,45)/t35-/m1/s1. The third kappa shape index (κ3) is 5.85. The first-order chi connectivity index (χ1) is 24.2. The van der Waals surface area contributed by atoms with Crippen LogP contribution in [0.25, 0.3) is 0 Å². The second-order valence-electron chi connectivity index (χ2n) is 12.8. The lowest BCUT2D eigenvalue weighted by Gasteiger charge is -2.46. The highest BCUT2D eigenvalue weighted by molar-refractivity contribution is 7.93. The number of nitrogens with one attached hydrogen (secondary N) is 1. The fourth-order valence-corrected chi connectivity index (χ4v) is 8.83. The van der Waals surface area contributed by atoms with E-state index in [1.807, 2.05) is 0 Å². The van der Waals surface area contributed by atoms with Crippen LogP contribution in [0.3, 0.4) is 0 Å². The van der Waals surface area contributed by atoms with E-state index in [1.165, 1.54) is 24.4 Å². The number of hydrogen-bond acceptors (Lipinski definition) is 10. The molecule has 0 bridgehead atoms. The Hall–Kier alpha value is -4.62. The molecule has 3 fully saturated rings. The highest BCUT2D eigenvalue weighted by Gasteiger charge is 2.59. The number of benzene rings is 2. The quantitative estimate of drug-likeness (QED) is 0.371. The molecule has 1 atom stereocenters. The van der Waals surface area contributed by atoms with Crippen LogP contribution in [0.1, 0.15) is 36.5 Å². The van der Waals surface area contributed by atoms with E-state index in [0.29, 0.717) is 42.6 Å². The number of sulfonamides is 1. The minimum absolute atomic E-state index is 0.0163. The van der Waals surface area contributed by atoms with Crippen molar-refractivity contribution in [2.75, 3.05) is 63.4 Å². The molecule has 4 aliphatic heterocycles. The van der Waals surface area contributed by atoms with Gasteiger partial charge in [0.25, 0.3) is 15.9 Å². The topological polar surface area (TPSA) is 148 Å². The number of carbonyl (C=O) groups is 2. The average molecular weight is 704 g/mol. The van der Waals surface area contributed by atoms with Crippen molar-refractivity contribution < 1.29 is 31.9 Å². The number of anilines is 1. The summed E-state index contributed by atoms with van der Waals surface area (Å²) in [5, 5.41) is 12.8. The molecule has 0 aliphatic carbocycles. The molecule has 0 saturated carbocycles. The van der Waals surface area contributed by atoms with Gasteiger partial charge in [0.05, 0.1) is 53.6 Å². The summed E-state index contributed by atoms with van der Waals surface area (Å²) in [6, 6.07) is 13.8. The van der Waals surface area contributed by atoms with E-state index >= 15 is 0 Å². The maximum Gasteiger partial charge on any atom is 0.318 e. The molecule has 3 aromatic rings. The molecule has 50 heavy (non-hydrogen) atoms. The Morgan fingerprint density at radius 1 is 1.02 bits per heavy atom. The summed E-state index contributed by atoms with van der Waals surface area (Å²) < 4.78 is 54.0. The minimum Gasteiger partial charge on any atom is -0.478 e. The molecule has 3 saturated heterocycles. The Balaban J connectivity index is 1.22. The molecule has 1 N–H and O–H groups in total. The number of halogens is 1. The summed E-state index contributed by atoms with van der Waals surface area (Å²) in [5.41, 5.74) is -1.90. The van der Waals surface area contributed by atoms with Gasteiger partial charge in [-0.2, -0.15) is 9.57 Å². The van der Waals surface area contributed by atoms with E-state index in [-0.39, 0.29) is 39.8 Å². The molecule has 5 heterocycles. The first-order valence-electron chi connectivity index (χ1n) is 16.8. The van der Waals surface area contributed by atoms with Crippen molar-refractivity contribution in [3.05, 3.63) is 83.3 Å². The van der Waals surface area contributed by atoms with Crippen molar-refractivity contribution in [3.63, 3.8) is 0 Å². The molecule has 262 valence electrons. The van der Waals surface area contributed by atoms with Crippen molar-refractivity contribution in [2.45, 2.75) is 42.3 Å². The largest absolute Gasteiger partial charge is 0.478 e. The van der Waals surface area contributed by atoms with Crippen LogP contribution in [0.4, 0.5) is 14.9 Å². The molecular formula is C35H38FN7O6S. The van der Waals surface area contributed by atoms with Gasteiger partial charge in [0.2, 0.25) is 5.88 Å². The first kappa shape index (κ1) is 33.9. The lowest BCUT2D eigenvalue weighted by molar-refractivity contribution is -0.121. The van der Waals surface area contributed by atoms with E-state index < -0.39 is 33.3 Å². The summed E-state index contributed by atoms with van der Waals surface area (Å²) in [5.74, 6) is -1.65. The molecule has 1 aromatic heterocycles. The molecule has 0 spiro atoms. The Kier molecular flexibility index (Phi) is 9.21. The van der Waals surface area contributed by atoms with E-state index in [2.05, 4.69) is 26.2 Å². The van der Waals surface area contributed by atoms with Gasteiger partial charge < -0.3 is 19.7 Å². The second-order valence-corrected chi connectivity index (χ2v) is 14.6. The summed E-state index contributed by atoms with van der Waals surface area (Å²) in [4.78, 5) is 39.8. The van der Waals surface area contributed by atoms with Crippen molar-refractivity contribution in [1.29, 1.82) is 5.26 Å². The highest BCUT2D eigenvalue weighted by Crippen LogP contribution is 2.49. The normalized spacial score (nSPS) is 22.1. The molecule has 13 nitrogen and oxygen atoms in total. The number of urea groups is 1. The van der Waals surface area contributed by atoms with Crippen LogP contribution < -0.4 is 14.4 Å². The zero-order valence-corrected chi connectivity index (χ0v) is 28.4. The van der Waals surface area contributed by atoms with Crippen LogP contribution in [-0.2, 0) is 25.1 Å². The van der Waals surface area contributed by atoms with E-state index in [9.17, 15) is 27.7 Å². The Bertz CT molecular complexity index is 1920. The first-order valence-corrected chi connectivity index (χ1v) is 18.2. The lowest BCUT2D eigenvalue weighted by atomic mass is 9.83. The van der Waals surface area contributed by atoms with Crippen molar-refractivity contribution in [1.82, 2.24) is 25.0 Å². The monoisotopic (exact) mass is 703 g/mol. The van der Waals surface area contributed by atoms with Gasteiger partial charge in [-0.3, -0.25) is 14.6 Å². The number of pyridine rings is 1. The van der Waals surface area contributed by atoms with Gasteiger partial charge in [0.1, 0.15) is 5.82 Å². The highest BCUT2D eigenvalue weighted by atomic mass is 32.2. The minimum atomic E-state index is -4.64. The summed E-state index contributed by atoms with van der Waals surface area (Å²) in [6.07, 6.45) is 3.54. The zero-order valence-electron chi connectivity index (χ0n) is 27.6. The molecular weight excluding hydrogens is 665 g/mol. The van der Waals surface area contributed by atoms with Gasteiger partial charge in [0.15, 0.2) is 5.54 Å². The molecule has 3 amide bonds. The van der Waals surface area contributed by atoms with Crippen LogP contribution >= 0.6 is 0 Å². The maximum atomic E-state index is 15.0. The number of aromatic nitrogens is 1. The van der Waals surface area contributed by atoms with Crippen LogP contribution in [0.5, 0.6) is 5.88 Å². The van der Waals surface area contributed by atoms with Crippen LogP contribution in [0.15, 0.2) is 65.7 Å². The lowest BCUT2D eigenvalue weighted by Crippen LogP contribution is -2.61. The summed E-state index contributed by atoms with van der Waals surface area (Å²) in [7, 11) is -4.64. The van der Waals surface area contributed by atoms with E-state index in [4.69, 9.17) is 9.47 Å². The van der Waals surface area contributed by atoms with Crippen LogP contribution in [-0.4, -0.2) is 111 Å². The number of nitrogens with zero attached hydrogens (tertiary/aromatic N) is 6. The van der Waals surface area contributed by atoms with Crippen LogP contribution in [0.2, 0.25) is 0 Å². The van der Waals surface area contributed by atoms with Gasteiger partial charge >= 0.3 is 6.03 Å². The number of rotatable bonds is 8. The molecule has 7 rings (SSSR count). The molecule has 2 aromatic carbocycles. The Morgan fingerprint density at radius 2 is 1.72 bits per heavy atom. The molecule has 15 heteroatoms.